The van der Waals surface area contributed by atoms with Gasteiger partial charge in [-0.1, -0.05) is 0 Å². The van der Waals surface area contributed by atoms with Crippen molar-refractivity contribution in [3.63, 3.8) is 0 Å². The van der Waals surface area contributed by atoms with Gasteiger partial charge in [-0.25, -0.2) is 15.0 Å². The first-order chi connectivity index (χ1) is 13.7. The molecule has 0 amide bonds. The summed E-state index contributed by atoms with van der Waals surface area (Å²) in [5, 5.41) is 4.26. The van der Waals surface area contributed by atoms with Crippen LogP contribution >= 0.6 is 0 Å². The molecule has 0 aliphatic carbocycles. The fourth-order valence-electron chi connectivity index (χ4n) is 3.43. The third kappa shape index (κ3) is 3.71. The number of rotatable bonds is 6. The second kappa shape index (κ2) is 7.98. The zero-order chi connectivity index (χ0) is 19.5. The highest BCUT2D eigenvalue weighted by Crippen LogP contribution is 2.34. The molecule has 1 aliphatic heterocycles. The fraction of sp³-hybridized carbons (Fsp3) is 0.381. The summed E-state index contributed by atoms with van der Waals surface area (Å²) in [5.41, 5.74) is 3.63. The van der Waals surface area contributed by atoms with Crippen LogP contribution in [0.25, 0.3) is 22.2 Å². The van der Waals surface area contributed by atoms with Crippen LogP contribution in [0.2, 0.25) is 0 Å². The summed E-state index contributed by atoms with van der Waals surface area (Å²) in [6.45, 7) is 3.63. The van der Waals surface area contributed by atoms with Gasteiger partial charge in [-0.2, -0.15) is 0 Å². The van der Waals surface area contributed by atoms with Gasteiger partial charge >= 0.3 is 0 Å². The normalized spacial score (nSPS) is 16.3. The van der Waals surface area contributed by atoms with Gasteiger partial charge in [-0.05, 0) is 37.5 Å². The number of fused-ring (bicyclic) bond motifs is 1. The molecule has 0 bridgehead atoms. The van der Waals surface area contributed by atoms with Gasteiger partial charge in [0.15, 0.2) is 11.5 Å². The van der Waals surface area contributed by atoms with Crippen LogP contribution in [-0.4, -0.2) is 48.4 Å². The van der Waals surface area contributed by atoms with Crippen molar-refractivity contribution in [2.24, 2.45) is 0 Å². The Balaban J connectivity index is 1.59. The van der Waals surface area contributed by atoms with E-state index in [0.717, 1.165) is 53.7 Å². The minimum absolute atomic E-state index is 0.250. The Morgan fingerprint density at radius 1 is 1.11 bits per heavy atom. The highest BCUT2D eigenvalue weighted by Gasteiger charge is 2.15. The average Bonchev–Trinajstić information content (AvgIpc) is 3.25. The fourth-order valence-corrected chi connectivity index (χ4v) is 3.43. The number of benzene rings is 1. The van der Waals surface area contributed by atoms with E-state index in [1.165, 1.54) is 0 Å². The van der Waals surface area contributed by atoms with E-state index < -0.39 is 0 Å². The predicted molar refractivity (Wildman–Crippen MR) is 108 cm³/mol. The maximum atomic E-state index is 5.61. The first-order valence-electron chi connectivity index (χ1n) is 9.39. The van der Waals surface area contributed by atoms with Gasteiger partial charge in [0.2, 0.25) is 5.95 Å². The number of aryl methyl sites for hydroxylation is 1. The quantitative estimate of drug-likeness (QED) is 0.700. The van der Waals surface area contributed by atoms with Crippen molar-refractivity contribution >= 4 is 16.9 Å². The van der Waals surface area contributed by atoms with Crippen molar-refractivity contribution in [2.45, 2.75) is 25.9 Å². The second-order valence-electron chi connectivity index (χ2n) is 6.86. The Bertz CT molecular complexity index is 970. The van der Waals surface area contributed by atoms with E-state index in [-0.39, 0.29) is 6.10 Å². The topological polar surface area (TPSA) is 78.4 Å². The Kier molecular flexibility index (Phi) is 5.25. The molecule has 1 saturated heterocycles. The molecule has 0 saturated carbocycles. The molecular weight excluding hydrogens is 356 g/mol. The lowest BCUT2D eigenvalue weighted by molar-refractivity contribution is 0.120. The molecule has 2 aromatic heterocycles. The minimum atomic E-state index is 0.250. The molecule has 1 fully saturated rings. The van der Waals surface area contributed by atoms with Crippen molar-refractivity contribution in [1.82, 2.24) is 15.0 Å². The van der Waals surface area contributed by atoms with E-state index in [0.29, 0.717) is 17.4 Å². The van der Waals surface area contributed by atoms with Gasteiger partial charge in [0.1, 0.15) is 0 Å². The van der Waals surface area contributed by atoms with Gasteiger partial charge in [0.05, 0.1) is 31.5 Å². The van der Waals surface area contributed by atoms with Crippen LogP contribution in [0.4, 0.5) is 5.95 Å². The number of nitrogens with zero attached hydrogens (tertiary/aromatic N) is 3. The van der Waals surface area contributed by atoms with Crippen LogP contribution in [0.3, 0.4) is 0 Å². The largest absolute Gasteiger partial charge is 0.493 e. The molecule has 3 aromatic rings. The molecular formula is C21H24N4O3. The Hall–Kier alpha value is -2.93. The van der Waals surface area contributed by atoms with E-state index in [9.17, 15) is 0 Å². The van der Waals surface area contributed by atoms with E-state index in [2.05, 4.69) is 22.2 Å². The van der Waals surface area contributed by atoms with Gasteiger partial charge in [-0.3, -0.25) is 0 Å². The first-order valence-corrected chi connectivity index (χ1v) is 9.39. The highest BCUT2D eigenvalue weighted by molar-refractivity contribution is 5.88. The van der Waals surface area contributed by atoms with Crippen molar-refractivity contribution in [3.05, 3.63) is 36.2 Å². The highest BCUT2D eigenvalue weighted by atomic mass is 16.5. The molecule has 1 N–H and O–H groups in total. The Labute approximate surface area is 164 Å². The standard InChI is InChI=1S/C21H24N4O3/c1-13-7-17(25-18-9-20(27-3)19(26-2)8-16(13)18)14-10-22-21(23-11-14)24-12-15-5-4-6-28-15/h7-11,15H,4-6,12H2,1-3H3,(H,22,23,24). The molecule has 0 radical (unpaired) electrons. The first kappa shape index (κ1) is 18.4. The maximum Gasteiger partial charge on any atom is 0.222 e. The lowest BCUT2D eigenvalue weighted by Crippen LogP contribution is -2.19. The van der Waals surface area contributed by atoms with Gasteiger partial charge in [-0.15, -0.1) is 0 Å². The molecule has 146 valence electrons. The number of pyridine rings is 1. The number of methoxy groups -OCH3 is 2. The summed E-state index contributed by atoms with van der Waals surface area (Å²) < 4.78 is 16.4. The number of hydrogen-bond acceptors (Lipinski definition) is 7. The minimum Gasteiger partial charge on any atom is -0.493 e. The molecule has 1 unspecified atom stereocenters. The second-order valence-corrected chi connectivity index (χ2v) is 6.86. The van der Waals surface area contributed by atoms with Crippen LogP contribution < -0.4 is 14.8 Å². The smallest absolute Gasteiger partial charge is 0.222 e. The summed E-state index contributed by atoms with van der Waals surface area (Å²) in [7, 11) is 3.25. The third-order valence-corrected chi connectivity index (χ3v) is 4.98. The van der Waals surface area contributed by atoms with Gasteiger partial charge < -0.3 is 19.5 Å². The van der Waals surface area contributed by atoms with Crippen LogP contribution in [0.1, 0.15) is 18.4 Å². The molecule has 1 aromatic carbocycles. The molecule has 7 heteroatoms. The number of anilines is 1. The number of ether oxygens (including phenoxy) is 3. The van der Waals surface area contributed by atoms with Crippen molar-refractivity contribution < 1.29 is 14.2 Å². The predicted octanol–water partition coefficient (Wildman–Crippen LogP) is 3.61. The van der Waals surface area contributed by atoms with Crippen molar-refractivity contribution in [2.75, 3.05) is 32.7 Å². The van der Waals surface area contributed by atoms with E-state index >= 15 is 0 Å². The molecule has 3 heterocycles. The molecule has 1 atom stereocenters. The summed E-state index contributed by atoms with van der Waals surface area (Å²) in [5.74, 6) is 1.95. The van der Waals surface area contributed by atoms with Gasteiger partial charge in [0.25, 0.3) is 0 Å². The number of nitrogens with one attached hydrogen (secondary N) is 1. The van der Waals surface area contributed by atoms with E-state index in [1.807, 2.05) is 18.2 Å². The van der Waals surface area contributed by atoms with Crippen molar-refractivity contribution in [3.8, 4) is 22.8 Å². The molecule has 28 heavy (non-hydrogen) atoms. The van der Waals surface area contributed by atoms with E-state index in [1.54, 1.807) is 26.6 Å². The third-order valence-electron chi connectivity index (χ3n) is 4.98. The van der Waals surface area contributed by atoms with Crippen LogP contribution in [-0.2, 0) is 4.74 Å². The van der Waals surface area contributed by atoms with Crippen molar-refractivity contribution in [1.29, 1.82) is 0 Å². The van der Waals surface area contributed by atoms with Crippen LogP contribution in [0.5, 0.6) is 11.5 Å². The summed E-state index contributed by atoms with van der Waals surface area (Å²) >= 11 is 0. The van der Waals surface area contributed by atoms with E-state index in [4.69, 9.17) is 19.2 Å². The van der Waals surface area contributed by atoms with Crippen LogP contribution in [0.15, 0.2) is 30.6 Å². The lowest BCUT2D eigenvalue weighted by atomic mass is 10.1. The molecule has 1 aliphatic rings. The number of aromatic nitrogens is 3. The maximum absolute atomic E-state index is 5.61. The average molecular weight is 380 g/mol. The zero-order valence-corrected chi connectivity index (χ0v) is 16.4. The number of hydrogen-bond donors (Lipinski definition) is 1. The summed E-state index contributed by atoms with van der Waals surface area (Å²) in [6, 6.07) is 5.88. The molecule has 7 nitrogen and oxygen atoms in total. The van der Waals surface area contributed by atoms with Gasteiger partial charge in [0, 0.05) is 42.6 Å². The summed E-state index contributed by atoms with van der Waals surface area (Å²) in [4.78, 5) is 13.6. The summed E-state index contributed by atoms with van der Waals surface area (Å²) in [6.07, 6.45) is 6.04. The Morgan fingerprint density at radius 2 is 1.86 bits per heavy atom. The van der Waals surface area contributed by atoms with Crippen LogP contribution in [0, 0.1) is 6.92 Å². The molecule has 0 spiro atoms. The lowest BCUT2D eigenvalue weighted by Gasteiger charge is -2.12. The molecule has 4 rings (SSSR count). The monoisotopic (exact) mass is 380 g/mol. The SMILES string of the molecule is COc1cc2nc(-c3cnc(NCC4CCCO4)nc3)cc(C)c2cc1OC. The zero-order valence-electron chi connectivity index (χ0n) is 16.4. The Morgan fingerprint density at radius 3 is 2.54 bits per heavy atom.